The summed E-state index contributed by atoms with van der Waals surface area (Å²) >= 11 is 1.53. The maximum Gasteiger partial charge on any atom is 0.260 e. The van der Waals surface area contributed by atoms with Crippen molar-refractivity contribution >= 4 is 45.0 Å². The quantitative estimate of drug-likeness (QED) is 0.491. The van der Waals surface area contributed by atoms with Crippen LogP contribution in [0.3, 0.4) is 0 Å². The number of amides is 1. The lowest BCUT2D eigenvalue weighted by Gasteiger charge is -2.22. The van der Waals surface area contributed by atoms with Crippen LogP contribution in [-0.2, 0) is 12.8 Å². The molecule has 0 radical (unpaired) electrons. The van der Waals surface area contributed by atoms with E-state index >= 15 is 0 Å². The van der Waals surface area contributed by atoms with Gasteiger partial charge in [0, 0.05) is 24.2 Å². The number of aryl methyl sites for hydroxylation is 2. The summed E-state index contributed by atoms with van der Waals surface area (Å²) in [5.74, 6) is 1.49. The molecule has 0 atom stereocenters. The molecule has 0 fully saturated rings. The third-order valence-electron chi connectivity index (χ3n) is 6.10. The molecule has 0 N–H and O–H groups in total. The smallest absolute Gasteiger partial charge is 0.260 e. The van der Waals surface area contributed by atoms with Gasteiger partial charge in [-0.25, -0.2) is 4.98 Å². The number of fused-ring (bicyclic) bond motifs is 3. The zero-order valence-corrected chi connectivity index (χ0v) is 20.8. The average molecular weight is 488 g/mol. The van der Waals surface area contributed by atoms with Crippen molar-refractivity contribution in [3.63, 3.8) is 0 Å². The molecule has 0 saturated carbocycles. The fraction of sp³-hybridized carbons (Fsp3) is 0.440. The van der Waals surface area contributed by atoms with Crippen LogP contribution in [0.4, 0.5) is 5.13 Å². The average Bonchev–Trinajstić information content (AvgIpc) is 3.21. The van der Waals surface area contributed by atoms with Crippen molar-refractivity contribution in [3.8, 4) is 11.5 Å². The van der Waals surface area contributed by atoms with E-state index in [0.717, 1.165) is 58.2 Å². The minimum Gasteiger partial charge on any atom is -0.486 e. The minimum absolute atomic E-state index is 0. The molecule has 2 heterocycles. The second-order valence-electron chi connectivity index (χ2n) is 8.76. The van der Waals surface area contributed by atoms with Gasteiger partial charge in [0.2, 0.25) is 0 Å². The topological polar surface area (TPSA) is 54.9 Å². The highest BCUT2D eigenvalue weighted by atomic mass is 35.5. The Morgan fingerprint density at radius 3 is 2.48 bits per heavy atom. The summed E-state index contributed by atoms with van der Waals surface area (Å²) in [6.07, 6.45) is 5.49. The number of halogens is 1. The molecular formula is C25H30ClN3O3S. The van der Waals surface area contributed by atoms with Crippen molar-refractivity contribution < 1.29 is 14.3 Å². The Bertz CT molecular complexity index is 1100. The van der Waals surface area contributed by atoms with Gasteiger partial charge in [-0.2, -0.15) is 0 Å². The van der Waals surface area contributed by atoms with Gasteiger partial charge >= 0.3 is 0 Å². The Hall–Kier alpha value is -2.35. The largest absolute Gasteiger partial charge is 0.486 e. The van der Waals surface area contributed by atoms with E-state index in [-0.39, 0.29) is 18.3 Å². The maximum absolute atomic E-state index is 13.7. The zero-order chi connectivity index (χ0) is 22.1. The molecule has 3 aromatic rings. The first kappa shape index (κ1) is 23.8. The van der Waals surface area contributed by atoms with Crippen LogP contribution in [-0.4, -0.2) is 56.2 Å². The number of carbonyl (C=O) groups excluding carboxylic acids is 1. The summed E-state index contributed by atoms with van der Waals surface area (Å²) in [5.41, 5.74) is 4.30. The van der Waals surface area contributed by atoms with E-state index in [1.807, 2.05) is 23.1 Å². The molecule has 2 aliphatic rings. The third-order valence-corrected chi connectivity index (χ3v) is 7.14. The number of carbonyl (C=O) groups is 1. The molecule has 2 aromatic carbocycles. The molecule has 0 saturated heterocycles. The number of benzene rings is 2. The Morgan fingerprint density at radius 2 is 1.73 bits per heavy atom. The first-order chi connectivity index (χ1) is 15.6. The lowest BCUT2D eigenvalue weighted by atomic mass is 9.90. The van der Waals surface area contributed by atoms with Gasteiger partial charge in [-0.1, -0.05) is 17.4 Å². The van der Waals surface area contributed by atoms with Crippen molar-refractivity contribution in [2.45, 2.75) is 32.1 Å². The van der Waals surface area contributed by atoms with Crippen molar-refractivity contribution in [1.29, 1.82) is 0 Å². The lowest BCUT2D eigenvalue weighted by molar-refractivity contribution is 0.0986. The zero-order valence-electron chi connectivity index (χ0n) is 19.1. The molecule has 5 rings (SSSR count). The maximum atomic E-state index is 13.7. The van der Waals surface area contributed by atoms with Gasteiger partial charge < -0.3 is 14.4 Å². The van der Waals surface area contributed by atoms with Crippen molar-refractivity contribution in [1.82, 2.24) is 9.88 Å². The van der Waals surface area contributed by atoms with Crippen molar-refractivity contribution in [3.05, 3.63) is 47.0 Å². The second-order valence-corrected chi connectivity index (χ2v) is 9.77. The lowest BCUT2D eigenvalue weighted by Crippen LogP contribution is -2.33. The predicted octanol–water partition coefficient (Wildman–Crippen LogP) is 4.97. The van der Waals surface area contributed by atoms with E-state index in [1.165, 1.54) is 35.3 Å². The number of rotatable bonds is 6. The van der Waals surface area contributed by atoms with Crippen LogP contribution in [0.15, 0.2) is 30.3 Å². The SMILES string of the molecule is CN(C)CCCN(C(=O)c1ccc2c(c1)CCCC2)c1nc2cc3c(cc2s1)OCCO3.Cl. The monoisotopic (exact) mass is 487 g/mol. The van der Waals surface area contributed by atoms with Gasteiger partial charge in [0.25, 0.3) is 5.91 Å². The molecule has 0 unspecified atom stereocenters. The molecule has 33 heavy (non-hydrogen) atoms. The van der Waals surface area contributed by atoms with E-state index in [1.54, 1.807) is 0 Å². The summed E-state index contributed by atoms with van der Waals surface area (Å²) in [6.45, 7) is 2.64. The van der Waals surface area contributed by atoms with Gasteiger partial charge in [0.1, 0.15) is 13.2 Å². The van der Waals surface area contributed by atoms with Crippen LogP contribution in [0.2, 0.25) is 0 Å². The Labute approximate surface area is 204 Å². The summed E-state index contributed by atoms with van der Waals surface area (Å²) in [6, 6.07) is 10.1. The summed E-state index contributed by atoms with van der Waals surface area (Å²) in [4.78, 5) is 22.5. The van der Waals surface area contributed by atoms with Gasteiger partial charge in [-0.3, -0.25) is 9.69 Å². The van der Waals surface area contributed by atoms with E-state index in [4.69, 9.17) is 14.5 Å². The molecule has 6 nitrogen and oxygen atoms in total. The molecule has 176 valence electrons. The molecule has 8 heteroatoms. The highest BCUT2D eigenvalue weighted by Crippen LogP contribution is 2.39. The summed E-state index contributed by atoms with van der Waals surface area (Å²) in [5, 5.41) is 0.726. The Kier molecular flexibility index (Phi) is 7.41. The molecule has 1 aliphatic carbocycles. The number of anilines is 1. The number of aromatic nitrogens is 1. The fourth-order valence-electron chi connectivity index (χ4n) is 4.42. The molecular weight excluding hydrogens is 458 g/mol. The summed E-state index contributed by atoms with van der Waals surface area (Å²) in [7, 11) is 4.11. The standard InChI is InChI=1S/C25H29N3O3S.ClH/c1-27(2)10-5-11-28(24(29)19-9-8-17-6-3-4-7-18(17)14-19)25-26-20-15-21-22(16-23(20)32-25)31-13-12-30-21;/h8-9,14-16H,3-7,10-13H2,1-2H3;1H. The molecule has 0 bridgehead atoms. The van der Waals surface area contributed by atoms with Gasteiger partial charge in [-0.05, 0) is 76.0 Å². The van der Waals surface area contributed by atoms with E-state index in [0.29, 0.717) is 19.8 Å². The van der Waals surface area contributed by atoms with Gasteiger partial charge in [0.15, 0.2) is 16.6 Å². The first-order valence-corrected chi connectivity index (χ1v) is 12.2. The highest BCUT2D eigenvalue weighted by Gasteiger charge is 2.24. The number of thiazole rings is 1. The number of hydrogen-bond acceptors (Lipinski definition) is 6. The molecule has 0 spiro atoms. The molecule has 1 aromatic heterocycles. The van der Waals surface area contributed by atoms with E-state index < -0.39 is 0 Å². The summed E-state index contributed by atoms with van der Waals surface area (Å²) < 4.78 is 12.4. The van der Waals surface area contributed by atoms with Crippen LogP contribution in [0.25, 0.3) is 10.2 Å². The third kappa shape index (κ3) is 5.10. The van der Waals surface area contributed by atoms with Crippen LogP contribution >= 0.6 is 23.7 Å². The molecule has 1 amide bonds. The van der Waals surface area contributed by atoms with Crippen molar-refractivity contribution in [2.75, 3.05) is 45.3 Å². The minimum atomic E-state index is 0. The second kappa shape index (κ2) is 10.3. The van der Waals surface area contributed by atoms with Crippen molar-refractivity contribution in [2.24, 2.45) is 0 Å². The van der Waals surface area contributed by atoms with E-state index in [9.17, 15) is 4.79 Å². The number of nitrogens with zero attached hydrogens (tertiary/aromatic N) is 3. The van der Waals surface area contributed by atoms with E-state index in [2.05, 4.69) is 31.1 Å². The van der Waals surface area contributed by atoms with Crippen LogP contribution < -0.4 is 14.4 Å². The Morgan fingerprint density at radius 1 is 1.00 bits per heavy atom. The predicted molar refractivity (Wildman–Crippen MR) is 136 cm³/mol. The first-order valence-electron chi connectivity index (χ1n) is 11.4. The van der Waals surface area contributed by atoms with Crippen LogP contribution in [0.5, 0.6) is 11.5 Å². The Balaban J connectivity index is 0.00000259. The highest BCUT2D eigenvalue weighted by molar-refractivity contribution is 7.22. The number of hydrogen-bond donors (Lipinski definition) is 0. The molecule has 1 aliphatic heterocycles. The normalized spacial score (nSPS) is 14.6. The van der Waals surface area contributed by atoms with Crippen LogP contribution in [0.1, 0.15) is 40.7 Å². The number of ether oxygens (including phenoxy) is 2. The van der Waals surface area contributed by atoms with Gasteiger partial charge in [-0.15, -0.1) is 12.4 Å². The van der Waals surface area contributed by atoms with Gasteiger partial charge in [0.05, 0.1) is 10.2 Å². The van der Waals surface area contributed by atoms with Crippen LogP contribution in [0, 0.1) is 0 Å². The fourth-order valence-corrected chi connectivity index (χ4v) is 5.42.